The van der Waals surface area contributed by atoms with E-state index in [1.54, 1.807) is 0 Å². The SMILES string of the molecule is CNC(=O)N(CCC=O)C(=N)c1ccc(C2CCNCC2)cc1NC. The van der Waals surface area contributed by atoms with Gasteiger partial charge in [0.1, 0.15) is 12.1 Å². The van der Waals surface area contributed by atoms with Gasteiger partial charge in [-0.1, -0.05) is 6.07 Å². The van der Waals surface area contributed by atoms with Gasteiger partial charge in [0.05, 0.1) is 0 Å². The van der Waals surface area contributed by atoms with E-state index in [0.717, 1.165) is 37.9 Å². The predicted octanol–water partition coefficient (Wildman–Crippen LogP) is 1.75. The number of hydrogen-bond acceptors (Lipinski definition) is 5. The Morgan fingerprint density at radius 3 is 2.68 bits per heavy atom. The molecule has 2 rings (SSSR count). The van der Waals surface area contributed by atoms with Crippen molar-refractivity contribution in [3.63, 3.8) is 0 Å². The molecule has 2 amide bonds. The first-order valence-electron chi connectivity index (χ1n) is 8.66. The Bertz CT molecular complexity index is 626. The van der Waals surface area contributed by atoms with Crippen LogP contribution < -0.4 is 16.0 Å². The number of aldehydes is 1. The normalized spacial score (nSPS) is 14.6. The number of carbonyl (C=O) groups is 2. The van der Waals surface area contributed by atoms with Crippen LogP contribution in [0.15, 0.2) is 18.2 Å². The van der Waals surface area contributed by atoms with Gasteiger partial charge in [-0.25, -0.2) is 4.79 Å². The summed E-state index contributed by atoms with van der Waals surface area (Å²) < 4.78 is 0. The van der Waals surface area contributed by atoms with Gasteiger partial charge in [0, 0.05) is 38.3 Å². The van der Waals surface area contributed by atoms with Crippen molar-refractivity contribution in [3.8, 4) is 0 Å². The Labute approximate surface area is 148 Å². The van der Waals surface area contributed by atoms with Gasteiger partial charge in [0.15, 0.2) is 0 Å². The summed E-state index contributed by atoms with van der Waals surface area (Å²) in [5.74, 6) is 0.601. The lowest BCUT2D eigenvalue weighted by Crippen LogP contribution is -2.43. The van der Waals surface area contributed by atoms with Crippen LogP contribution in [-0.2, 0) is 4.79 Å². The Morgan fingerprint density at radius 1 is 1.36 bits per heavy atom. The lowest BCUT2D eigenvalue weighted by molar-refractivity contribution is -0.107. The Balaban J connectivity index is 2.27. The summed E-state index contributed by atoms with van der Waals surface area (Å²) in [6, 6.07) is 5.61. The summed E-state index contributed by atoms with van der Waals surface area (Å²) >= 11 is 0. The van der Waals surface area contributed by atoms with Gasteiger partial charge in [-0.3, -0.25) is 10.3 Å². The molecule has 25 heavy (non-hydrogen) atoms. The van der Waals surface area contributed by atoms with Crippen molar-refractivity contribution in [2.45, 2.75) is 25.2 Å². The lowest BCUT2D eigenvalue weighted by Gasteiger charge is -2.26. The summed E-state index contributed by atoms with van der Waals surface area (Å²) in [5.41, 5.74) is 2.72. The maximum absolute atomic E-state index is 12.1. The molecule has 1 aromatic carbocycles. The molecule has 0 atom stereocenters. The number of piperidine rings is 1. The monoisotopic (exact) mass is 345 g/mol. The maximum atomic E-state index is 12.1. The highest BCUT2D eigenvalue weighted by Crippen LogP contribution is 2.29. The molecule has 7 nitrogen and oxygen atoms in total. The molecule has 1 saturated heterocycles. The second-order valence-corrected chi connectivity index (χ2v) is 6.09. The third kappa shape index (κ3) is 4.57. The molecule has 1 aliphatic heterocycles. The number of nitrogens with one attached hydrogen (secondary N) is 4. The minimum atomic E-state index is -0.392. The molecule has 1 aromatic rings. The Hall–Kier alpha value is -2.41. The summed E-state index contributed by atoms with van der Waals surface area (Å²) in [4.78, 5) is 24.0. The molecule has 136 valence electrons. The molecule has 0 spiro atoms. The molecule has 0 bridgehead atoms. The highest BCUT2D eigenvalue weighted by atomic mass is 16.2. The molecule has 0 unspecified atom stereocenters. The number of rotatable bonds is 6. The van der Waals surface area contributed by atoms with Crippen molar-refractivity contribution < 1.29 is 9.59 Å². The highest BCUT2D eigenvalue weighted by molar-refractivity contribution is 6.09. The van der Waals surface area contributed by atoms with E-state index in [9.17, 15) is 9.59 Å². The zero-order valence-corrected chi connectivity index (χ0v) is 14.9. The van der Waals surface area contributed by atoms with Crippen molar-refractivity contribution in [1.29, 1.82) is 5.41 Å². The predicted molar refractivity (Wildman–Crippen MR) is 99.5 cm³/mol. The molecule has 7 heteroatoms. The molecular formula is C18H27N5O2. The molecule has 0 radical (unpaired) electrons. The second kappa shape index (κ2) is 9.17. The van der Waals surface area contributed by atoms with E-state index < -0.39 is 6.03 Å². The van der Waals surface area contributed by atoms with Crippen LogP contribution in [0.3, 0.4) is 0 Å². The zero-order chi connectivity index (χ0) is 18.2. The fraction of sp³-hybridized carbons (Fsp3) is 0.500. The first kappa shape index (κ1) is 18.9. The van der Waals surface area contributed by atoms with E-state index in [4.69, 9.17) is 5.41 Å². The third-order valence-corrected chi connectivity index (χ3v) is 4.58. The molecular weight excluding hydrogens is 318 g/mol. The Morgan fingerprint density at radius 2 is 2.08 bits per heavy atom. The van der Waals surface area contributed by atoms with Gasteiger partial charge in [0.25, 0.3) is 0 Å². The quantitative estimate of drug-likeness (QED) is 0.359. The number of urea groups is 1. The van der Waals surface area contributed by atoms with Gasteiger partial charge in [-0.2, -0.15) is 0 Å². The maximum Gasteiger partial charge on any atom is 0.322 e. The van der Waals surface area contributed by atoms with Gasteiger partial charge >= 0.3 is 6.03 Å². The topological polar surface area (TPSA) is 97.3 Å². The number of benzene rings is 1. The molecule has 0 aromatic heterocycles. The second-order valence-electron chi connectivity index (χ2n) is 6.09. The van der Waals surface area contributed by atoms with E-state index in [1.807, 2.05) is 19.2 Å². The minimum Gasteiger partial charge on any atom is -0.388 e. The van der Waals surface area contributed by atoms with Gasteiger partial charge in [0.2, 0.25) is 0 Å². The molecule has 1 fully saturated rings. The number of carbonyl (C=O) groups excluding carboxylic acids is 2. The van der Waals surface area contributed by atoms with Crippen molar-refractivity contribution in [2.75, 3.05) is 39.0 Å². The van der Waals surface area contributed by atoms with E-state index in [0.29, 0.717) is 11.5 Å². The average molecular weight is 345 g/mol. The molecule has 4 N–H and O–H groups in total. The summed E-state index contributed by atoms with van der Waals surface area (Å²) in [6.45, 7) is 2.22. The number of amides is 2. The Kier molecular flexibility index (Phi) is 6.94. The summed E-state index contributed by atoms with van der Waals surface area (Å²) in [6.07, 6.45) is 3.15. The van der Waals surface area contributed by atoms with Crippen LogP contribution >= 0.6 is 0 Å². The van der Waals surface area contributed by atoms with Crippen LogP contribution in [-0.4, -0.2) is 56.8 Å². The summed E-state index contributed by atoms with van der Waals surface area (Å²) in [7, 11) is 3.33. The van der Waals surface area contributed by atoms with Crippen molar-refractivity contribution in [2.24, 2.45) is 0 Å². The smallest absolute Gasteiger partial charge is 0.322 e. The standard InChI is InChI=1S/C18H27N5O2/c1-20-16-12-14(13-6-8-22-9-7-13)4-5-15(16)17(19)23(10-3-11-24)18(25)21-2/h4-5,11-13,19-20,22H,3,6-10H2,1-2H3,(H,21,25). The average Bonchev–Trinajstić information content (AvgIpc) is 2.67. The van der Waals surface area contributed by atoms with E-state index in [1.165, 1.54) is 17.5 Å². The number of anilines is 1. The first-order chi connectivity index (χ1) is 12.1. The fourth-order valence-corrected chi connectivity index (χ4v) is 3.16. The fourth-order valence-electron chi connectivity index (χ4n) is 3.16. The molecule has 1 heterocycles. The van der Waals surface area contributed by atoms with Crippen LogP contribution in [0.2, 0.25) is 0 Å². The van der Waals surface area contributed by atoms with Crippen LogP contribution in [0.1, 0.15) is 36.3 Å². The zero-order valence-electron chi connectivity index (χ0n) is 14.9. The van der Waals surface area contributed by atoms with E-state index >= 15 is 0 Å². The van der Waals surface area contributed by atoms with Gasteiger partial charge < -0.3 is 20.7 Å². The van der Waals surface area contributed by atoms with Crippen LogP contribution in [0.5, 0.6) is 0 Å². The minimum absolute atomic E-state index is 0.0856. The molecule has 0 saturated carbocycles. The van der Waals surface area contributed by atoms with Crippen molar-refractivity contribution in [1.82, 2.24) is 15.5 Å². The van der Waals surface area contributed by atoms with Gasteiger partial charge in [-0.15, -0.1) is 0 Å². The number of hydrogen-bond donors (Lipinski definition) is 4. The van der Waals surface area contributed by atoms with Crippen molar-refractivity contribution in [3.05, 3.63) is 29.3 Å². The van der Waals surface area contributed by atoms with Crippen LogP contribution in [0.25, 0.3) is 0 Å². The van der Waals surface area contributed by atoms with E-state index in [-0.39, 0.29) is 18.8 Å². The number of nitrogens with zero attached hydrogens (tertiary/aromatic N) is 1. The first-order valence-corrected chi connectivity index (χ1v) is 8.66. The highest BCUT2D eigenvalue weighted by Gasteiger charge is 2.22. The number of amidine groups is 1. The van der Waals surface area contributed by atoms with Crippen LogP contribution in [0, 0.1) is 5.41 Å². The lowest BCUT2D eigenvalue weighted by atomic mass is 9.89. The third-order valence-electron chi connectivity index (χ3n) is 4.58. The molecule has 0 aliphatic carbocycles. The van der Waals surface area contributed by atoms with Crippen molar-refractivity contribution >= 4 is 23.8 Å². The molecule has 1 aliphatic rings. The van der Waals surface area contributed by atoms with Gasteiger partial charge in [-0.05, 0) is 49.5 Å². The van der Waals surface area contributed by atoms with E-state index in [2.05, 4.69) is 22.0 Å². The summed E-state index contributed by atoms with van der Waals surface area (Å²) in [5, 5.41) is 17.5. The largest absolute Gasteiger partial charge is 0.388 e. The van der Waals surface area contributed by atoms with Crippen LogP contribution in [0.4, 0.5) is 10.5 Å².